The Labute approximate surface area is 111 Å². The Kier molecular flexibility index (Phi) is 9.24. The van der Waals surface area contributed by atoms with Gasteiger partial charge in [-0.2, -0.15) is 0 Å². The summed E-state index contributed by atoms with van der Waals surface area (Å²) in [7, 11) is 4.15. The summed E-state index contributed by atoms with van der Waals surface area (Å²) in [5.74, 6) is 0.983. The number of hydrogen-bond acceptors (Lipinski definition) is 2. The monoisotopic (exact) mass is 270 g/mol. The summed E-state index contributed by atoms with van der Waals surface area (Å²) in [6.45, 7) is 11.4. The second-order valence-corrected chi connectivity index (χ2v) is 5.21. The molecule has 0 aliphatic rings. The fourth-order valence-electron chi connectivity index (χ4n) is 1.01. The molecule has 0 bridgehead atoms. The van der Waals surface area contributed by atoms with Crippen LogP contribution in [0.5, 0.6) is 0 Å². The van der Waals surface area contributed by atoms with Gasteiger partial charge in [-0.15, -0.1) is 0 Å². The molecule has 0 heterocycles. The van der Waals surface area contributed by atoms with Crippen LogP contribution in [0.25, 0.3) is 5.32 Å². The maximum absolute atomic E-state index is 4.59. The third-order valence-corrected chi connectivity index (χ3v) is 2.20. The van der Waals surface area contributed by atoms with Crippen LogP contribution >= 0.6 is 0 Å². The first-order valence-corrected chi connectivity index (χ1v) is 5.69. The molecule has 1 unspecified atom stereocenters. The Balaban J connectivity index is 0. The normalized spacial score (nSPS) is 14.6. The van der Waals surface area contributed by atoms with E-state index in [0.717, 1.165) is 18.8 Å². The van der Waals surface area contributed by atoms with Crippen molar-refractivity contribution in [2.75, 3.05) is 20.6 Å². The summed E-state index contributed by atoms with van der Waals surface area (Å²) in [5, 5.41) is 4.56. The summed E-state index contributed by atoms with van der Waals surface area (Å²) < 4.78 is 0. The van der Waals surface area contributed by atoms with Gasteiger partial charge in [-0.1, -0.05) is 33.5 Å². The fourth-order valence-corrected chi connectivity index (χ4v) is 1.01. The quantitative estimate of drug-likeness (QED) is 0.439. The SMILES string of the molecule is CCC(=NC(C)(C)C)[N-]CC(C)N(C)C.[Ni]. The van der Waals surface area contributed by atoms with E-state index in [-0.39, 0.29) is 22.0 Å². The third kappa shape index (κ3) is 9.17. The number of rotatable bonds is 4. The minimum Gasteiger partial charge on any atom is -0.468 e. The van der Waals surface area contributed by atoms with Gasteiger partial charge in [-0.3, -0.25) is 0 Å². The predicted octanol–water partition coefficient (Wildman–Crippen LogP) is 2.91. The van der Waals surface area contributed by atoms with Crippen LogP contribution in [0.15, 0.2) is 4.99 Å². The van der Waals surface area contributed by atoms with Crippen LogP contribution in [0.3, 0.4) is 0 Å². The van der Waals surface area contributed by atoms with E-state index in [1.807, 2.05) is 0 Å². The van der Waals surface area contributed by atoms with Gasteiger partial charge >= 0.3 is 0 Å². The predicted molar refractivity (Wildman–Crippen MR) is 68.9 cm³/mol. The van der Waals surface area contributed by atoms with Crippen molar-refractivity contribution in [3.8, 4) is 0 Å². The van der Waals surface area contributed by atoms with Crippen molar-refractivity contribution in [3.63, 3.8) is 0 Å². The Morgan fingerprint density at radius 1 is 1.31 bits per heavy atom. The second kappa shape index (κ2) is 8.08. The van der Waals surface area contributed by atoms with Crippen molar-refractivity contribution in [2.45, 2.75) is 52.6 Å². The first-order chi connectivity index (χ1) is 6.76. The summed E-state index contributed by atoms with van der Waals surface area (Å²) in [6, 6.07) is 0.474. The molecule has 0 aromatic carbocycles. The minimum absolute atomic E-state index is 0. The molecule has 0 aliphatic heterocycles. The van der Waals surface area contributed by atoms with Gasteiger partial charge in [0, 0.05) is 22.5 Å². The average Bonchev–Trinajstić information content (AvgIpc) is 2.09. The molecule has 3 nitrogen and oxygen atoms in total. The largest absolute Gasteiger partial charge is 0.468 e. The standard InChI is InChI=1S/C12H26N3.Ni/c1-8-11(14-12(3,4)5)13-9-10(2)15(6)7;/h10H,8-9H2,1-7H3;/q-1;. The van der Waals surface area contributed by atoms with Crippen molar-refractivity contribution < 1.29 is 16.5 Å². The molecule has 0 spiro atoms. The fraction of sp³-hybridized carbons (Fsp3) is 0.917. The van der Waals surface area contributed by atoms with Crippen LogP contribution in [0.4, 0.5) is 0 Å². The summed E-state index contributed by atoms with van der Waals surface area (Å²) in [4.78, 5) is 6.76. The van der Waals surface area contributed by atoms with Crippen LogP contribution in [0.1, 0.15) is 41.0 Å². The third-order valence-electron chi connectivity index (χ3n) is 2.20. The van der Waals surface area contributed by atoms with E-state index in [0.29, 0.717) is 6.04 Å². The Hall–Kier alpha value is -0.0765. The van der Waals surface area contributed by atoms with Gasteiger partial charge in [0.15, 0.2) is 0 Å². The van der Waals surface area contributed by atoms with Crippen molar-refractivity contribution in [1.82, 2.24) is 4.90 Å². The molecule has 0 aromatic rings. The molecule has 1 atom stereocenters. The van der Waals surface area contributed by atoms with Gasteiger partial charge in [0.25, 0.3) is 0 Å². The zero-order valence-corrected chi connectivity index (χ0v) is 12.6. The molecule has 0 N–H and O–H groups in total. The van der Waals surface area contributed by atoms with Crippen molar-refractivity contribution in [1.29, 1.82) is 0 Å². The second-order valence-electron chi connectivity index (χ2n) is 5.21. The van der Waals surface area contributed by atoms with Crippen LogP contribution in [-0.4, -0.2) is 43.0 Å². The Morgan fingerprint density at radius 2 is 1.81 bits per heavy atom. The molecule has 0 amide bonds. The zero-order chi connectivity index (χ0) is 12.1. The molecule has 0 fully saturated rings. The molecule has 100 valence electrons. The molecule has 16 heavy (non-hydrogen) atoms. The van der Waals surface area contributed by atoms with E-state index in [1.54, 1.807) is 0 Å². The number of amidine groups is 1. The van der Waals surface area contributed by atoms with Crippen molar-refractivity contribution >= 4 is 5.84 Å². The summed E-state index contributed by atoms with van der Waals surface area (Å²) in [5.41, 5.74) is -0.0177. The van der Waals surface area contributed by atoms with Crippen LogP contribution in [0, 0.1) is 0 Å². The van der Waals surface area contributed by atoms with Gasteiger partial charge in [-0.05, 0) is 39.5 Å². The van der Waals surface area contributed by atoms with Crippen LogP contribution < -0.4 is 0 Å². The summed E-state index contributed by atoms with van der Waals surface area (Å²) >= 11 is 0. The first kappa shape index (κ1) is 18.3. The van der Waals surface area contributed by atoms with Gasteiger partial charge in [-0.25, -0.2) is 0 Å². The number of aliphatic imine (C=N–C) groups is 1. The smallest absolute Gasteiger partial charge is 0.00539 e. The van der Waals surface area contributed by atoms with E-state index in [4.69, 9.17) is 0 Å². The topological polar surface area (TPSA) is 29.7 Å². The molecule has 0 aliphatic carbocycles. The molecule has 4 heteroatoms. The summed E-state index contributed by atoms with van der Waals surface area (Å²) in [6.07, 6.45) is 0.914. The van der Waals surface area contributed by atoms with Gasteiger partial charge in [0.1, 0.15) is 0 Å². The van der Waals surface area contributed by atoms with Gasteiger partial charge < -0.3 is 15.2 Å². The van der Waals surface area contributed by atoms with Crippen molar-refractivity contribution in [2.24, 2.45) is 4.99 Å². The van der Waals surface area contributed by atoms with Gasteiger partial charge in [0.2, 0.25) is 0 Å². The number of likely N-dealkylation sites (N-methyl/N-ethyl adjacent to an activating group) is 1. The molecule has 0 radical (unpaired) electrons. The van der Waals surface area contributed by atoms with Gasteiger partial charge in [0.05, 0.1) is 0 Å². The van der Waals surface area contributed by atoms with Crippen molar-refractivity contribution in [3.05, 3.63) is 5.32 Å². The minimum atomic E-state index is -0.0177. The Bertz CT molecular complexity index is 207. The van der Waals surface area contributed by atoms with E-state index in [9.17, 15) is 0 Å². The number of hydrogen-bond donors (Lipinski definition) is 0. The molecular weight excluding hydrogens is 245 g/mol. The van der Waals surface area contributed by atoms with Crippen LogP contribution in [-0.2, 0) is 16.5 Å². The molecule has 0 aromatic heterocycles. The average molecular weight is 271 g/mol. The first-order valence-electron chi connectivity index (χ1n) is 5.69. The maximum atomic E-state index is 4.59. The zero-order valence-electron chi connectivity index (χ0n) is 11.6. The molecular formula is C12H26N3Ni-. The molecule has 0 saturated heterocycles. The molecule has 0 saturated carbocycles. The van der Waals surface area contributed by atoms with E-state index >= 15 is 0 Å². The maximum Gasteiger partial charge on any atom is 0.00539 e. The Morgan fingerprint density at radius 3 is 2.12 bits per heavy atom. The number of nitrogens with zero attached hydrogens (tertiary/aromatic N) is 3. The van der Waals surface area contributed by atoms with E-state index < -0.39 is 0 Å². The van der Waals surface area contributed by atoms with E-state index in [1.165, 1.54) is 0 Å². The van der Waals surface area contributed by atoms with Crippen LogP contribution in [0.2, 0.25) is 0 Å². The molecule has 0 rings (SSSR count). The van der Waals surface area contributed by atoms with E-state index in [2.05, 4.69) is 63.9 Å².